The molecule has 1 N–H and O–H groups in total. The van der Waals surface area contributed by atoms with Crippen LogP contribution in [0.2, 0.25) is 5.02 Å². The Morgan fingerprint density at radius 2 is 1.89 bits per heavy atom. The van der Waals surface area contributed by atoms with Gasteiger partial charge in [0.1, 0.15) is 12.4 Å². The number of hydrazone groups is 1. The lowest BCUT2D eigenvalue weighted by molar-refractivity contribution is 0.0955. The van der Waals surface area contributed by atoms with Gasteiger partial charge in [-0.1, -0.05) is 23.7 Å². The standard InChI is InChI=1S/C20H15BrClN3O2/c21-18-11-15(12-24-25-20(26)16-7-9-23-10-8-16)3-6-19(18)27-13-14-1-4-17(22)5-2-14/h1-12H,13H2,(H,25,26)/b24-12-. The summed E-state index contributed by atoms with van der Waals surface area (Å²) in [5.41, 5.74) is 4.81. The van der Waals surface area contributed by atoms with Crippen LogP contribution in [0.3, 0.4) is 0 Å². The number of halogens is 2. The zero-order chi connectivity index (χ0) is 19.1. The molecule has 0 aliphatic rings. The summed E-state index contributed by atoms with van der Waals surface area (Å²) in [6.45, 7) is 0.436. The average Bonchev–Trinajstić information content (AvgIpc) is 2.69. The first kappa shape index (κ1) is 19.1. The average molecular weight is 445 g/mol. The van der Waals surface area contributed by atoms with Crippen LogP contribution in [0.1, 0.15) is 21.5 Å². The maximum atomic E-state index is 11.9. The van der Waals surface area contributed by atoms with E-state index < -0.39 is 0 Å². The molecule has 0 aliphatic heterocycles. The van der Waals surface area contributed by atoms with Crippen molar-refractivity contribution in [1.29, 1.82) is 0 Å². The Balaban J connectivity index is 1.57. The Hall–Kier alpha value is -2.70. The molecule has 1 aromatic heterocycles. The van der Waals surface area contributed by atoms with Crippen molar-refractivity contribution < 1.29 is 9.53 Å². The first-order chi connectivity index (χ1) is 13.1. The minimum absolute atomic E-state index is 0.296. The quantitative estimate of drug-likeness (QED) is 0.437. The molecule has 7 heteroatoms. The molecule has 3 aromatic rings. The predicted molar refractivity (Wildman–Crippen MR) is 109 cm³/mol. The molecule has 1 heterocycles. The van der Waals surface area contributed by atoms with E-state index in [-0.39, 0.29) is 5.91 Å². The second kappa shape index (κ2) is 9.30. The lowest BCUT2D eigenvalue weighted by atomic mass is 10.2. The molecular formula is C20H15BrClN3O2. The van der Waals surface area contributed by atoms with Gasteiger partial charge in [0, 0.05) is 23.0 Å². The van der Waals surface area contributed by atoms with Gasteiger partial charge in [-0.3, -0.25) is 9.78 Å². The number of hydrogen-bond acceptors (Lipinski definition) is 4. The van der Waals surface area contributed by atoms with Crippen LogP contribution < -0.4 is 10.2 Å². The van der Waals surface area contributed by atoms with Crippen molar-refractivity contribution in [2.45, 2.75) is 6.61 Å². The van der Waals surface area contributed by atoms with Crippen molar-refractivity contribution >= 4 is 39.7 Å². The summed E-state index contributed by atoms with van der Waals surface area (Å²) in [7, 11) is 0. The number of hydrogen-bond donors (Lipinski definition) is 1. The Labute approximate surface area is 170 Å². The SMILES string of the molecule is O=C(N/N=C\c1ccc(OCc2ccc(Cl)cc2)c(Br)c1)c1ccncc1. The lowest BCUT2D eigenvalue weighted by Crippen LogP contribution is -2.17. The molecule has 0 fully saturated rings. The zero-order valence-electron chi connectivity index (χ0n) is 14.1. The molecule has 0 radical (unpaired) electrons. The van der Waals surface area contributed by atoms with E-state index in [4.69, 9.17) is 16.3 Å². The monoisotopic (exact) mass is 443 g/mol. The number of nitrogens with zero attached hydrogens (tertiary/aromatic N) is 2. The van der Waals surface area contributed by atoms with Crippen molar-refractivity contribution in [2.75, 3.05) is 0 Å². The summed E-state index contributed by atoms with van der Waals surface area (Å²) in [5.74, 6) is 0.415. The fourth-order valence-corrected chi connectivity index (χ4v) is 2.83. The molecule has 1 amide bonds. The molecule has 0 bridgehead atoms. The van der Waals surface area contributed by atoms with E-state index in [1.54, 1.807) is 30.7 Å². The molecule has 0 spiro atoms. The van der Waals surface area contributed by atoms with Gasteiger partial charge in [-0.15, -0.1) is 0 Å². The van der Waals surface area contributed by atoms with Gasteiger partial charge in [0.2, 0.25) is 0 Å². The zero-order valence-corrected chi connectivity index (χ0v) is 16.4. The fourth-order valence-electron chi connectivity index (χ4n) is 2.19. The number of carbonyl (C=O) groups excluding carboxylic acids is 1. The smallest absolute Gasteiger partial charge is 0.271 e. The topological polar surface area (TPSA) is 63.6 Å². The van der Waals surface area contributed by atoms with Crippen molar-refractivity contribution in [3.63, 3.8) is 0 Å². The van der Waals surface area contributed by atoms with Crippen LogP contribution in [0, 0.1) is 0 Å². The number of nitrogens with one attached hydrogen (secondary N) is 1. The van der Waals surface area contributed by atoms with E-state index in [0.717, 1.165) is 15.6 Å². The minimum atomic E-state index is -0.296. The number of carbonyl (C=O) groups is 1. The third-order valence-electron chi connectivity index (χ3n) is 3.59. The van der Waals surface area contributed by atoms with Gasteiger partial charge in [0.05, 0.1) is 10.7 Å². The molecule has 3 rings (SSSR count). The van der Waals surface area contributed by atoms with E-state index >= 15 is 0 Å². The number of pyridine rings is 1. The van der Waals surface area contributed by atoms with Crippen LogP contribution in [0.25, 0.3) is 0 Å². The molecule has 2 aromatic carbocycles. The summed E-state index contributed by atoms with van der Waals surface area (Å²) in [6, 6.07) is 16.3. The first-order valence-electron chi connectivity index (χ1n) is 8.02. The predicted octanol–water partition coefficient (Wildman–Crippen LogP) is 4.84. The van der Waals surface area contributed by atoms with E-state index in [0.29, 0.717) is 22.9 Å². The van der Waals surface area contributed by atoms with Gasteiger partial charge in [-0.05, 0) is 69.5 Å². The second-order valence-corrected chi connectivity index (χ2v) is 6.83. The maximum Gasteiger partial charge on any atom is 0.271 e. The van der Waals surface area contributed by atoms with Gasteiger partial charge in [0.15, 0.2) is 0 Å². The van der Waals surface area contributed by atoms with Crippen LogP contribution in [-0.2, 0) is 6.61 Å². The minimum Gasteiger partial charge on any atom is -0.488 e. The normalized spacial score (nSPS) is 10.7. The van der Waals surface area contributed by atoms with Crippen molar-refractivity contribution in [3.05, 3.63) is 93.2 Å². The number of rotatable bonds is 6. The highest BCUT2D eigenvalue weighted by Crippen LogP contribution is 2.26. The van der Waals surface area contributed by atoms with E-state index in [1.165, 1.54) is 0 Å². The molecular weight excluding hydrogens is 430 g/mol. The van der Waals surface area contributed by atoms with E-state index in [1.807, 2.05) is 42.5 Å². The summed E-state index contributed by atoms with van der Waals surface area (Å²) in [5, 5.41) is 4.67. The summed E-state index contributed by atoms with van der Waals surface area (Å²) in [6.07, 6.45) is 4.67. The van der Waals surface area contributed by atoms with Gasteiger partial charge < -0.3 is 4.74 Å². The van der Waals surface area contributed by atoms with Crippen LogP contribution in [0.5, 0.6) is 5.75 Å². The lowest BCUT2D eigenvalue weighted by Gasteiger charge is -2.09. The van der Waals surface area contributed by atoms with Gasteiger partial charge in [-0.25, -0.2) is 5.43 Å². The molecule has 136 valence electrons. The van der Waals surface area contributed by atoms with Crippen LogP contribution >= 0.6 is 27.5 Å². The highest BCUT2D eigenvalue weighted by molar-refractivity contribution is 9.10. The fraction of sp³-hybridized carbons (Fsp3) is 0.0500. The largest absolute Gasteiger partial charge is 0.488 e. The molecule has 0 atom stereocenters. The van der Waals surface area contributed by atoms with Gasteiger partial charge in [-0.2, -0.15) is 5.10 Å². The number of amides is 1. The van der Waals surface area contributed by atoms with Crippen molar-refractivity contribution in [1.82, 2.24) is 10.4 Å². The summed E-state index contributed by atoms with van der Waals surface area (Å²) >= 11 is 9.37. The number of benzene rings is 2. The van der Waals surface area contributed by atoms with Crippen molar-refractivity contribution in [3.8, 4) is 5.75 Å². The first-order valence-corrected chi connectivity index (χ1v) is 9.19. The molecule has 27 heavy (non-hydrogen) atoms. The van der Waals surface area contributed by atoms with E-state index in [2.05, 4.69) is 31.4 Å². The summed E-state index contributed by atoms with van der Waals surface area (Å²) in [4.78, 5) is 15.8. The second-order valence-electron chi connectivity index (χ2n) is 5.54. The number of ether oxygens (including phenoxy) is 1. The maximum absolute atomic E-state index is 11.9. The Morgan fingerprint density at radius 3 is 2.59 bits per heavy atom. The third kappa shape index (κ3) is 5.64. The van der Waals surface area contributed by atoms with Crippen molar-refractivity contribution in [2.24, 2.45) is 5.10 Å². The summed E-state index contributed by atoms with van der Waals surface area (Å²) < 4.78 is 6.60. The third-order valence-corrected chi connectivity index (χ3v) is 4.46. The molecule has 5 nitrogen and oxygen atoms in total. The van der Waals surface area contributed by atoms with Crippen LogP contribution in [-0.4, -0.2) is 17.1 Å². The molecule has 0 aliphatic carbocycles. The Kier molecular flexibility index (Phi) is 6.57. The Morgan fingerprint density at radius 1 is 1.15 bits per heavy atom. The van der Waals surface area contributed by atoms with E-state index in [9.17, 15) is 4.79 Å². The molecule has 0 unspecified atom stereocenters. The molecule has 0 saturated carbocycles. The highest BCUT2D eigenvalue weighted by atomic mass is 79.9. The van der Waals surface area contributed by atoms with Crippen LogP contribution in [0.4, 0.5) is 0 Å². The molecule has 0 saturated heterocycles. The van der Waals surface area contributed by atoms with Gasteiger partial charge >= 0.3 is 0 Å². The van der Waals surface area contributed by atoms with Gasteiger partial charge in [0.25, 0.3) is 5.91 Å². The highest BCUT2D eigenvalue weighted by Gasteiger charge is 2.04. The Bertz CT molecular complexity index is 947. The number of aromatic nitrogens is 1. The van der Waals surface area contributed by atoms with Crippen LogP contribution in [0.15, 0.2) is 76.6 Å².